The number of nitrogens with two attached hydrogens (primary N) is 1. The molecule has 0 saturated carbocycles. The van der Waals surface area contributed by atoms with Crippen LogP contribution in [0.5, 0.6) is 5.75 Å². The number of hydrogen-bond acceptors (Lipinski definition) is 3. The van der Waals surface area contributed by atoms with Crippen LogP contribution in [0.2, 0.25) is 0 Å². The van der Waals surface area contributed by atoms with Gasteiger partial charge in [0.25, 0.3) is 0 Å². The molecule has 0 atom stereocenters. The zero-order chi connectivity index (χ0) is 13.7. The lowest BCUT2D eigenvalue weighted by molar-refractivity contribution is 0.317. The molecule has 19 heavy (non-hydrogen) atoms. The summed E-state index contributed by atoms with van der Waals surface area (Å²) in [7, 11) is 0. The van der Waals surface area contributed by atoms with E-state index < -0.39 is 0 Å². The topological polar surface area (TPSA) is 53.1 Å². The van der Waals surface area contributed by atoms with Crippen LogP contribution in [0.25, 0.3) is 11.3 Å². The van der Waals surface area contributed by atoms with Crippen molar-refractivity contribution in [1.29, 1.82) is 0 Å². The molecule has 2 N–H and O–H groups in total. The van der Waals surface area contributed by atoms with Crippen molar-refractivity contribution in [2.75, 3.05) is 13.2 Å². The number of ether oxygens (including phenoxy) is 1. The Kier molecular flexibility index (Phi) is 4.58. The van der Waals surface area contributed by atoms with Crippen LogP contribution >= 0.6 is 0 Å². The van der Waals surface area contributed by atoms with Gasteiger partial charge in [-0.25, -0.2) is 0 Å². The van der Waals surface area contributed by atoms with E-state index in [1.165, 1.54) is 0 Å². The number of benzene rings is 1. The van der Waals surface area contributed by atoms with Gasteiger partial charge < -0.3 is 10.5 Å². The number of rotatable bonds is 6. The number of aryl methyl sites for hydroxylation is 1. The maximum atomic E-state index is 5.61. The fourth-order valence-corrected chi connectivity index (χ4v) is 2.01. The van der Waals surface area contributed by atoms with Crippen LogP contribution in [0.1, 0.15) is 19.0 Å². The number of nitrogens with zero attached hydrogens (tertiary/aromatic N) is 2. The van der Waals surface area contributed by atoms with Crippen molar-refractivity contribution in [2.45, 2.75) is 26.8 Å². The van der Waals surface area contributed by atoms with Gasteiger partial charge in [0.05, 0.1) is 24.5 Å². The lowest BCUT2D eigenvalue weighted by Gasteiger charge is -2.08. The normalized spacial score (nSPS) is 10.7. The molecule has 102 valence electrons. The van der Waals surface area contributed by atoms with E-state index in [0.29, 0.717) is 6.54 Å². The van der Waals surface area contributed by atoms with Crippen molar-refractivity contribution in [2.24, 2.45) is 5.73 Å². The Balaban J connectivity index is 2.21. The molecule has 0 spiro atoms. The SMILES string of the molecule is CCCOc1ccc(-c2cc(C)nn2CCN)cc1. The third-order valence-electron chi connectivity index (χ3n) is 2.87. The molecule has 0 radical (unpaired) electrons. The zero-order valence-corrected chi connectivity index (χ0v) is 11.6. The Morgan fingerprint density at radius 2 is 2.00 bits per heavy atom. The Hall–Kier alpha value is -1.81. The molecule has 2 aromatic rings. The fraction of sp³-hybridized carbons (Fsp3) is 0.400. The molecule has 4 nitrogen and oxygen atoms in total. The van der Waals surface area contributed by atoms with Crippen molar-refractivity contribution < 1.29 is 4.74 Å². The van der Waals surface area contributed by atoms with Crippen molar-refractivity contribution in [3.05, 3.63) is 36.0 Å². The summed E-state index contributed by atoms with van der Waals surface area (Å²) in [6.45, 7) is 6.17. The standard InChI is InChI=1S/C15H21N3O/c1-3-10-19-14-6-4-13(5-7-14)15-11-12(2)17-18(15)9-8-16/h4-7,11H,3,8-10,16H2,1-2H3. The van der Waals surface area contributed by atoms with Crippen molar-refractivity contribution in [1.82, 2.24) is 9.78 Å². The number of aromatic nitrogens is 2. The minimum absolute atomic E-state index is 0.589. The second-order valence-corrected chi connectivity index (χ2v) is 4.56. The second kappa shape index (κ2) is 6.38. The largest absolute Gasteiger partial charge is 0.494 e. The molecule has 0 amide bonds. The van der Waals surface area contributed by atoms with Gasteiger partial charge in [-0.2, -0.15) is 5.10 Å². The summed E-state index contributed by atoms with van der Waals surface area (Å²) in [4.78, 5) is 0. The number of hydrogen-bond donors (Lipinski definition) is 1. The van der Waals surface area contributed by atoms with Crippen LogP contribution in [0, 0.1) is 6.92 Å². The molecule has 0 fully saturated rings. The molecule has 0 bridgehead atoms. The van der Waals surface area contributed by atoms with Gasteiger partial charge in [-0.15, -0.1) is 0 Å². The molecule has 2 rings (SSSR count). The molecule has 0 aliphatic rings. The van der Waals surface area contributed by atoms with E-state index in [-0.39, 0.29) is 0 Å². The van der Waals surface area contributed by atoms with Crippen LogP contribution in [0.3, 0.4) is 0 Å². The van der Waals surface area contributed by atoms with E-state index in [2.05, 4.69) is 30.2 Å². The minimum atomic E-state index is 0.589. The Morgan fingerprint density at radius 3 is 2.63 bits per heavy atom. The van der Waals surface area contributed by atoms with Gasteiger partial charge in [-0.3, -0.25) is 4.68 Å². The van der Waals surface area contributed by atoms with Crippen molar-refractivity contribution in [3.63, 3.8) is 0 Å². The average molecular weight is 259 g/mol. The quantitative estimate of drug-likeness (QED) is 0.867. The van der Waals surface area contributed by atoms with E-state index in [9.17, 15) is 0 Å². The van der Waals surface area contributed by atoms with Gasteiger partial charge in [-0.1, -0.05) is 6.92 Å². The van der Waals surface area contributed by atoms with E-state index >= 15 is 0 Å². The summed E-state index contributed by atoms with van der Waals surface area (Å²) in [5.41, 5.74) is 8.86. The third kappa shape index (κ3) is 3.35. The molecular weight excluding hydrogens is 238 g/mol. The summed E-state index contributed by atoms with van der Waals surface area (Å²) in [6.07, 6.45) is 1.02. The molecular formula is C15H21N3O. The van der Waals surface area contributed by atoms with E-state index in [1.807, 2.05) is 23.7 Å². The Labute approximate surface area is 114 Å². The van der Waals surface area contributed by atoms with Gasteiger partial charge in [0.15, 0.2) is 0 Å². The van der Waals surface area contributed by atoms with Gasteiger partial charge in [0.2, 0.25) is 0 Å². The smallest absolute Gasteiger partial charge is 0.119 e. The fourth-order valence-electron chi connectivity index (χ4n) is 2.01. The summed E-state index contributed by atoms with van der Waals surface area (Å²) in [6, 6.07) is 10.2. The predicted molar refractivity (Wildman–Crippen MR) is 77.2 cm³/mol. The summed E-state index contributed by atoms with van der Waals surface area (Å²) in [5, 5.41) is 4.45. The van der Waals surface area contributed by atoms with E-state index in [0.717, 1.165) is 42.3 Å². The highest BCUT2D eigenvalue weighted by Gasteiger charge is 2.07. The van der Waals surface area contributed by atoms with Crippen LogP contribution in [0.4, 0.5) is 0 Å². The van der Waals surface area contributed by atoms with Crippen LogP contribution < -0.4 is 10.5 Å². The average Bonchev–Trinajstić information content (AvgIpc) is 2.78. The maximum absolute atomic E-state index is 5.61. The molecule has 1 heterocycles. The van der Waals surface area contributed by atoms with Crippen molar-refractivity contribution in [3.8, 4) is 17.0 Å². The first-order valence-corrected chi connectivity index (χ1v) is 6.72. The molecule has 1 aromatic carbocycles. The van der Waals surface area contributed by atoms with Crippen molar-refractivity contribution >= 4 is 0 Å². The monoisotopic (exact) mass is 259 g/mol. The molecule has 0 saturated heterocycles. The molecule has 4 heteroatoms. The Bertz CT molecular complexity index is 517. The summed E-state index contributed by atoms with van der Waals surface area (Å²) < 4.78 is 7.54. The predicted octanol–water partition coefficient (Wildman–Crippen LogP) is 2.61. The summed E-state index contributed by atoms with van der Waals surface area (Å²) >= 11 is 0. The van der Waals surface area contributed by atoms with Gasteiger partial charge >= 0.3 is 0 Å². The first-order valence-electron chi connectivity index (χ1n) is 6.72. The van der Waals surface area contributed by atoms with Crippen LogP contribution in [-0.2, 0) is 6.54 Å². The highest BCUT2D eigenvalue weighted by Crippen LogP contribution is 2.23. The van der Waals surface area contributed by atoms with Crippen LogP contribution in [-0.4, -0.2) is 22.9 Å². The van der Waals surface area contributed by atoms with Crippen LogP contribution in [0.15, 0.2) is 30.3 Å². The molecule has 1 aromatic heterocycles. The zero-order valence-electron chi connectivity index (χ0n) is 11.6. The third-order valence-corrected chi connectivity index (χ3v) is 2.87. The highest BCUT2D eigenvalue weighted by molar-refractivity contribution is 5.61. The lowest BCUT2D eigenvalue weighted by Crippen LogP contribution is -2.12. The Morgan fingerprint density at radius 1 is 1.26 bits per heavy atom. The second-order valence-electron chi connectivity index (χ2n) is 4.56. The molecule has 0 aliphatic heterocycles. The molecule has 0 unspecified atom stereocenters. The highest BCUT2D eigenvalue weighted by atomic mass is 16.5. The first-order chi connectivity index (χ1) is 9.24. The minimum Gasteiger partial charge on any atom is -0.494 e. The van der Waals surface area contributed by atoms with Gasteiger partial charge in [-0.05, 0) is 43.7 Å². The van der Waals surface area contributed by atoms with E-state index in [4.69, 9.17) is 10.5 Å². The lowest BCUT2D eigenvalue weighted by atomic mass is 10.1. The summed E-state index contributed by atoms with van der Waals surface area (Å²) in [5.74, 6) is 0.909. The van der Waals surface area contributed by atoms with Gasteiger partial charge in [0.1, 0.15) is 5.75 Å². The molecule has 0 aliphatic carbocycles. The van der Waals surface area contributed by atoms with Gasteiger partial charge in [0, 0.05) is 12.1 Å². The first kappa shape index (κ1) is 13.6. The maximum Gasteiger partial charge on any atom is 0.119 e. The van der Waals surface area contributed by atoms with E-state index in [1.54, 1.807) is 0 Å².